The molecule has 120 valence electrons. The Morgan fingerprint density at radius 1 is 1.45 bits per heavy atom. The molecule has 1 fully saturated rings. The van der Waals surface area contributed by atoms with Gasteiger partial charge in [0.2, 0.25) is 5.91 Å². The van der Waals surface area contributed by atoms with Gasteiger partial charge in [-0.15, -0.1) is 12.4 Å². The average Bonchev–Trinajstić information content (AvgIpc) is 2.95. The molecule has 2 N–H and O–H groups in total. The monoisotopic (exact) mass is 363 g/mol. The number of nitrogens with one attached hydrogen (secondary N) is 2. The summed E-state index contributed by atoms with van der Waals surface area (Å²) < 4.78 is 25.1. The molecule has 1 saturated heterocycles. The highest BCUT2D eigenvalue weighted by molar-refractivity contribution is 7.92. The van der Waals surface area contributed by atoms with Crippen LogP contribution in [0.25, 0.3) is 0 Å². The normalized spacial score (nSPS) is 20.7. The molecule has 6 nitrogen and oxygen atoms in total. The number of hydrogen-bond acceptors (Lipinski definition) is 5. The van der Waals surface area contributed by atoms with Gasteiger partial charge in [0.1, 0.15) is 6.54 Å². The zero-order valence-corrected chi connectivity index (χ0v) is 13.8. The summed E-state index contributed by atoms with van der Waals surface area (Å²) in [5.74, 6) is -0.367. The fourth-order valence-electron chi connectivity index (χ4n) is 2.24. The number of hydrogen-bond donors (Lipinski definition) is 2. The smallest absolute Gasteiger partial charge is 0.238 e. The molecule has 1 heterocycles. The summed E-state index contributed by atoms with van der Waals surface area (Å²) in [5, 5.41) is 13.2. The molecule has 0 unspecified atom stereocenters. The maximum absolute atomic E-state index is 12.5. The van der Waals surface area contributed by atoms with Crippen molar-refractivity contribution in [2.45, 2.75) is 22.6 Å². The van der Waals surface area contributed by atoms with Crippen molar-refractivity contribution >= 4 is 39.8 Å². The van der Waals surface area contributed by atoms with Crippen molar-refractivity contribution < 1.29 is 13.2 Å². The fourth-order valence-corrected chi connectivity index (χ4v) is 4.43. The molecule has 0 bridgehead atoms. The number of amides is 1. The van der Waals surface area contributed by atoms with Gasteiger partial charge in [-0.25, -0.2) is 8.42 Å². The molecule has 0 radical (unpaired) electrons. The Labute approximate surface area is 140 Å². The molecule has 22 heavy (non-hydrogen) atoms. The number of halogens is 2. The largest absolute Gasteiger partial charge is 0.342 e. The Kier molecular flexibility index (Phi) is 6.63. The van der Waals surface area contributed by atoms with Gasteiger partial charge in [-0.2, -0.15) is 5.26 Å². The van der Waals surface area contributed by atoms with E-state index in [1.807, 2.05) is 0 Å². The second kappa shape index (κ2) is 7.79. The van der Waals surface area contributed by atoms with Crippen LogP contribution in [0.1, 0.15) is 6.42 Å². The lowest BCUT2D eigenvalue weighted by Crippen LogP contribution is -2.40. The van der Waals surface area contributed by atoms with Crippen LogP contribution >= 0.6 is 24.0 Å². The van der Waals surface area contributed by atoms with Gasteiger partial charge in [0.05, 0.1) is 27.3 Å². The van der Waals surface area contributed by atoms with Crippen molar-refractivity contribution in [2.75, 3.05) is 13.1 Å². The number of nitriles is 1. The van der Waals surface area contributed by atoms with Crippen LogP contribution < -0.4 is 10.6 Å². The summed E-state index contributed by atoms with van der Waals surface area (Å²) in [6, 6.07) is 7.44. The molecule has 0 aromatic heterocycles. The maximum Gasteiger partial charge on any atom is 0.238 e. The predicted octanol–water partition coefficient (Wildman–Crippen LogP) is 0.906. The summed E-state index contributed by atoms with van der Waals surface area (Å²) in [7, 11) is -3.60. The molecular formula is C13H15Cl2N3O3S. The third-order valence-corrected chi connectivity index (χ3v) is 5.98. The first kappa shape index (κ1) is 18.7. The van der Waals surface area contributed by atoms with E-state index < -0.39 is 21.1 Å². The van der Waals surface area contributed by atoms with E-state index in [2.05, 4.69) is 10.6 Å². The molecule has 1 aliphatic rings. The van der Waals surface area contributed by atoms with Gasteiger partial charge in [0.25, 0.3) is 0 Å². The number of nitrogens with zero attached hydrogens (tertiary/aromatic N) is 1. The number of sulfone groups is 1. The van der Waals surface area contributed by atoms with E-state index in [0.29, 0.717) is 0 Å². The van der Waals surface area contributed by atoms with E-state index in [9.17, 15) is 13.2 Å². The summed E-state index contributed by atoms with van der Waals surface area (Å²) in [6.07, 6.45) is 0.158. The summed E-state index contributed by atoms with van der Waals surface area (Å²) in [5.41, 5.74) is 0. The molecule has 0 saturated carbocycles. The molecule has 0 spiro atoms. The SMILES string of the molecule is Cl.N#CCNC(=O)[C@@H]1C[C@@H](S(=O)(=O)c2ccccc2Cl)CN1. The van der Waals surface area contributed by atoms with Crippen molar-refractivity contribution in [3.8, 4) is 6.07 Å². The Morgan fingerprint density at radius 2 is 2.14 bits per heavy atom. The Morgan fingerprint density at radius 3 is 2.77 bits per heavy atom. The van der Waals surface area contributed by atoms with Gasteiger partial charge in [-0.3, -0.25) is 4.79 Å². The van der Waals surface area contributed by atoms with Crippen LogP contribution in [0.5, 0.6) is 0 Å². The Hall–Kier alpha value is -1.33. The number of carbonyl (C=O) groups excluding carboxylic acids is 1. The van der Waals surface area contributed by atoms with E-state index in [1.165, 1.54) is 12.1 Å². The fraction of sp³-hybridized carbons (Fsp3) is 0.385. The lowest BCUT2D eigenvalue weighted by atomic mass is 10.2. The summed E-state index contributed by atoms with van der Waals surface area (Å²) >= 11 is 5.94. The molecule has 2 rings (SSSR count). The molecule has 9 heteroatoms. The van der Waals surface area contributed by atoms with Crippen LogP contribution in [-0.4, -0.2) is 38.7 Å². The highest BCUT2D eigenvalue weighted by Crippen LogP contribution is 2.28. The minimum absolute atomic E-state index is 0. The molecule has 1 aromatic rings. The van der Waals surface area contributed by atoms with Crippen LogP contribution in [-0.2, 0) is 14.6 Å². The quantitative estimate of drug-likeness (QED) is 0.774. The van der Waals surface area contributed by atoms with Gasteiger partial charge in [0.15, 0.2) is 9.84 Å². The van der Waals surface area contributed by atoms with Gasteiger partial charge in [-0.1, -0.05) is 23.7 Å². The first-order valence-corrected chi connectivity index (χ1v) is 8.25. The maximum atomic E-state index is 12.5. The van der Waals surface area contributed by atoms with Crippen molar-refractivity contribution in [2.24, 2.45) is 0 Å². The highest BCUT2D eigenvalue weighted by atomic mass is 35.5. The number of benzene rings is 1. The Balaban J connectivity index is 0.00000242. The number of rotatable bonds is 4. The van der Waals surface area contributed by atoms with E-state index in [-0.39, 0.29) is 47.7 Å². The first-order valence-electron chi connectivity index (χ1n) is 6.33. The van der Waals surface area contributed by atoms with E-state index in [0.717, 1.165) is 0 Å². The minimum atomic E-state index is -3.60. The van der Waals surface area contributed by atoms with Gasteiger partial charge < -0.3 is 10.6 Å². The van der Waals surface area contributed by atoms with Crippen LogP contribution in [0.4, 0.5) is 0 Å². The molecular weight excluding hydrogens is 349 g/mol. The van der Waals surface area contributed by atoms with Crippen molar-refractivity contribution in [1.29, 1.82) is 5.26 Å². The van der Waals surface area contributed by atoms with E-state index in [4.69, 9.17) is 16.9 Å². The standard InChI is InChI=1S/C13H14ClN3O3S.ClH/c14-10-3-1-2-4-12(10)21(19,20)9-7-11(17-8-9)13(18)16-6-5-15;/h1-4,9,11,17H,6-8H2,(H,16,18);1H/t9-,11+;/m1./s1. The molecule has 1 amide bonds. The summed E-state index contributed by atoms with van der Waals surface area (Å²) in [6.45, 7) is 0.0805. The van der Waals surface area contributed by atoms with Crippen molar-refractivity contribution in [1.82, 2.24) is 10.6 Å². The topological polar surface area (TPSA) is 99.1 Å². The zero-order chi connectivity index (χ0) is 15.5. The third-order valence-electron chi connectivity index (χ3n) is 3.33. The molecule has 1 aliphatic heterocycles. The molecule has 2 atom stereocenters. The average molecular weight is 364 g/mol. The van der Waals surface area contributed by atoms with Crippen LogP contribution in [0, 0.1) is 11.3 Å². The van der Waals surface area contributed by atoms with E-state index in [1.54, 1.807) is 18.2 Å². The lowest BCUT2D eigenvalue weighted by molar-refractivity contribution is -0.122. The molecule has 1 aromatic carbocycles. The number of carbonyl (C=O) groups is 1. The summed E-state index contributed by atoms with van der Waals surface area (Å²) in [4.78, 5) is 11.8. The Bertz CT molecular complexity index is 688. The zero-order valence-electron chi connectivity index (χ0n) is 11.5. The highest BCUT2D eigenvalue weighted by Gasteiger charge is 2.38. The minimum Gasteiger partial charge on any atom is -0.342 e. The van der Waals surface area contributed by atoms with Crippen LogP contribution in [0.2, 0.25) is 5.02 Å². The predicted molar refractivity (Wildman–Crippen MR) is 84.7 cm³/mol. The first-order chi connectivity index (χ1) is 9.96. The third kappa shape index (κ3) is 3.90. The van der Waals surface area contributed by atoms with Gasteiger partial charge in [0, 0.05) is 6.54 Å². The lowest BCUT2D eigenvalue weighted by Gasteiger charge is -2.12. The van der Waals surface area contributed by atoms with Crippen LogP contribution in [0.3, 0.4) is 0 Å². The van der Waals surface area contributed by atoms with Crippen LogP contribution in [0.15, 0.2) is 29.2 Å². The van der Waals surface area contributed by atoms with Gasteiger partial charge >= 0.3 is 0 Å². The van der Waals surface area contributed by atoms with E-state index >= 15 is 0 Å². The van der Waals surface area contributed by atoms with Gasteiger partial charge in [-0.05, 0) is 18.6 Å². The van der Waals surface area contributed by atoms with Crippen molar-refractivity contribution in [3.63, 3.8) is 0 Å². The molecule has 0 aliphatic carbocycles. The second-order valence-corrected chi connectivity index (χ2v) is 7.27. The second-order valence-electron chi connectivity index (χ2n) is 4.67. The van der Waals surface area contributed by atoms with Crippen molar-refractivity contribution in [3.05, 3.63) is 29.3 Å².